The molecule has 1 aromatic rings. The van der Waals surface area contributed by atoms with Gasteiger partial charge in [-0.05, 0) is 12.1 Å². The van der Waals surface area contributed by atoms with Gasteiger partial charge >= 0.3 is 6.18 Å². The van der Waals surface area contributed by atoms with Gasteiger partial charge in [0.25, 0.3) is 5.91 Å². The molecule has 0 aliphatic rings. The third-order valence-corrected chi connectivity index (χ3v) is 2.35. The number of methoxy groups -OCH3 is 1. The minimum atomic E-state index is -4.50. The van der Waals surface area contributed by atoms with Crippen molar-refractivity contribution in [1.82, 2.24) is 10.3 Å². The molecule has 22 heavy (non-hydrogen) atoms. The fourth-order valence-electron chi connectivity index (χ4n) is 1.41. The lowest BCUT2D eigenvalue weighted by Crippen LogP contribution is -2.29. The summed E-state index contributed by atoms with van der Waals surface area (Å²) in [5.41, 5.74) is -0.0661. The van der Waals surface area contributed by atoms with E-state index in [9.17, 15) is 18.0 Å². The molecule has 0 bridgehead atoms. The van der Waals surface area contributed by atoms with Crippen molar-refractivity contribution in [2.45, 2.75) is 6.18 Å². The van der Waals surface area contributed by atoms with Gasteiger partial charge in [0.2, 0.25) is 5.88 Å². The Balaban J connectivity index is 2.47. The first-order chi connectivity index (χ1) is 10.4. The maximum Gasteiger partial charge on any atom is 0.422 e. The number of ether oxygens (including phenoxy) is 3. The highest BCUT2D eigenvalue weighted by Gasteiger charge is 2.29. The van der Waals surface area contributed by atoms with Crippen molar-refractivity contribution in [2.75, 3.05) is 40.1 Å². The molecule has 0 radical (unpaired) electrons. The average molecular weight is 322 g/mol. The van der Waals surface area contributed by atoms with E-state index >= 15 is 0 Å². The molecular weight excluding hydrogens is 305 g/mol. The number of carbonyl (C=O) groups excluding carboxylic acids is 1. The molecule has 0 aromatic carbocycles. The topological polar surface area (TPSA) is 69.7 Å². The van der Waals surface area contributed by atoms with E-state index in [1.54, 1.807) is 0 Å². The lowest BCUT2D eigenvalue weighted by atomic mass is 10.2. The quantitative estimate of drug-likeness (QED) is 0.696. The third-order valence-electron chi connectivity index (χ3n) is 2.35. The molecule has 1 N–H and O–H groups in total. The highest BCUT2D eigenvalue weighted by atomic mass is 19.4. The Labute approximate surface area is 125 Å². The van der Waals surface area contributed by atoms with Crippen LogP contribution in [0.4, 0.5) is 13.2 Å². The van der Waals surface area contributed by atoms with E-state index in [2.05, 4.69) is 15.0 Å². The summed E-state index contributed by atoms with van der Waals surface area (Å²) in [5, 5.41) is 2.51. The minimum absolute atomic E-state index is 0.0661. The Morgan fingerprint density at radius 1 is 1.32 bits per heavy atom. The second-order valence-electron chi connectivity index (χ2n) is 4.12. The second-order valence-corrected chi connectivity index (χ2v) is 4.12. The van der Waals surface area contributed by atoms with Crippen LogP contribution in [-0.2, 0) is 9.47 Å². The van der Waals surface area contributed by atoms with Crippen molar-refractivity contribution in [3.05, 3.63) is 23.9 Å². The first-order valence-corrected chi connectivity index (χ1v) is 6.43. The molecule has 0 atom stereocenters. The number of rotatable bonds is 9. The summed E-state index contributed by atoms with van der Waals surface area (Å²) in [6.45, 7) is -0.222. The number of nitrogens with one attached hydrogen (secondary N) is 1. The predicted octanol–water partition coefficient (Wildman–Crippen LogP) is 1.42. The fraction of sp³-hybridized carbons (Fsp3) is 0.538. The largest absolute Gasteiger partial charge is 0.467 e. The Hall–Kier alpha value is -1.87. The van der Waals surface area contributed by atoms with Crippen molar-refractivity contribution in [2.24, 2.45) is 0 Å². The molecule has 124 valence electrons. The summed E-state index contributed by atoms with van der Waals surface area (Å²) in [5.74, 6) is -0.946. The van der Waals surface area contributed by atoms with Crippen LogP contribution in [-0.4, -0.2) is 57.1 Å². The smallest absolute Gasteiger partial charge is 0.422 e. The number of nitrogens with zero attached hydrogens (tertiary/aromatic N) is 1. The summed E-state index contributed by atoms with van der Waals surface area (Å²) in [6, 6.07) is 2.77. The van der Waals surface area contributed by atoms with E-state index < -0.39 is 18.7 Å². The van der Waals surface area contributed by atoms with Crippen molar-refractivity contribution in [3.8, 4) is 5.88 Å². The standard InChI is InChI=1S/C13H17F3N2O4/c1-20-7-8-21-6-5-17-11(19)10-3-2-4-18-12(10)22-9-13(14,15)16/h2-4H,5-9H2,1H3,(H,17,19). The van der Waals surface area contributed by atoms with E-state index in [0.29, 0.717) is 13.2 Å². The van der Waals surface area contributed by atoms with Crippen LogP contribution in [0.25, 0.3) is 0 Å². The zero-order valence-corrected chi connectivity index (χ0v) is 12.0. The van der Waals surface area contributed by atoms with Crippen molar-refractivity contribution in [1.29, 1.82) is 0 Å². The maximum absolute atomic E-state index is 12.1. The van der Waals surface area contributed by atoms with E-state index in [0.717, 1.165) is 0 Å². The fourth-order valence-corrected chi connectivity index (χ4v) is 1.41. The molecule has 6 nitrogen and oxygen atoms in total. The number of aromatic nitrogens is 1. The zero-order valence-electron chi connectivity index (χ0n) is 12.0. The number of hydrogen-bond acceptors (Lipinski definition) is 5. The third kappa shape index (κ3) is 7.23. The molecule has 0 spiro atoms. The van der Waals surface area contributed by atoms with Crippen LogP contribution in [0.2, 0.25) is 0 Å². The van der Waals surface area contributed by atoms with Crippen LogP contribution in [0.15, 0.2) is 18.3 Å². The Morgan fingerprint density at radius 2 is 2.09 bits per heavy atom. The average Bonchev–Trinajstić information content (AvgIpc) is 2.48. The molecule has 1 aromatic heterocycles. The van der Waals surface area contributed by atoms with Gasteiger partial charge in [-0.3, -0.25) is 4.79 Å². The van der Waals surface area contributed by atoms with Gasteiger partial charge < -0.3 is 19.5 Å². The monoisotopic (exact) mass is 322 g/mol. The van der Waals surface area contributed by atoms with E-state index in [1.807, 2.05) is 0 Å². The highest BCUT2D eigenvalue weighted by Crippen LogP contribution is 2.19. The lowest BCUT2D eigenvalue weighted by Gasteiger charge is -2.12. The van der Waals surface area contributed by atoms with Gasteiger partial charge in [0, 0.05) is 19.9 Å². The van der Waals surface area contributed by atoms with Crippen LogP contribution in [0.3, 0.4) is 0 Å². The first kappa shape index (κ1) is 18.2. The summed E-state index contributed by atoms with van der Waals surface area (Å²) in [7, 11) is 1.54. The van der Waals surface area contributed by atoms with E-state index in [1.165, 1.54) is 25.4 Å². The van der Waals surface area contributed by atoms with E-state index in [4.69, 9.17) is 9.47 Å². The molecule has 1 heterocycles. The van der Waals surface area contributed by atoms with E-state index in [-0.39, 0.29) is 24.6 Å². The van der Waals surface area contributed by atoms with Crippen LogP contribution < -0.4 is 10.1 Å². The van der Waals surface area contributed by atoms with Crippen molar-refractivity contribution < 1.29 is 32.2 Å². The SMILES string of the molecule is COCCOCCNC(=O)c1cccnc1OCC(F)(F)F. The molecular formula is C13H17F3N2O4. The number of hydrogen-bond donors (Lipinski definition) is 1. The van der Waals surface area contributed by atoms with Gasteiger partial charge in [-0.15, -0.1) is 0 Å². The summed E-state index contributed by atoms with van der Waals surface area (Å²) >= 11 is 0. The molecule has 9 heteroatoms. The Kier molecular flexibility index (Phi) is 7.61. The van der Waals surface area contributed by atoms with Gasteiger partial charge in [0.1, 0.15) is 5.56 Å². The highest BCUT2D eigenvalue weighted by molar-refractivity contribution is 5.96. The van der Waals surface area contributed by atoms with Gasteiger partial charge in [-0.25, -0.2) is 4.98 Å². The number of carbonyl (C=O) groups is 1. The Morgan fingerprint density at radius 3 is 2.77 bits per heavy atom. The zero-order chi connectivity index (χ0) is 16.4. The van der Waals surface area contributed by atoms with Gasteiger partial charge in [-0.1, -0.05) is 0 Å². The number of alkyl halides is 3. The minimum Gasteiger partial charge on any atom is -0.467 e. The molecule has 1 rings (SSSR count). The molecule has 0 fully saturated rings. The number of halogens is 3. The predicted molar refractivity (Wildman–Crippen MR) is 70.8 cm³/mol. The van der Waals surface area contributed by atoms with Crippen LogP contribution >= 0.6 is 0 Å². The van der Waals surface area contributed by atoms with Gasteiger partial charge in [0.05, 0.1) is 19.8 Å². The van der Waals surface area contributed by atoms with Gasteiger partial charge in [-0.2, -0.15) is 13.2 Å². The maximum atomic E-state index is 12.1. The number of amides is 1. The van der Waals surface area contributed by atoms with Crippen molar-refractivity contribution >= 4 is 5.91 Å². The molecule has 0 aliphatic heterocycles. The lowest BCUT2D eigenvalue weighted by molar-refractivity contribution is -0.154. The first-order valence-electron chi connectivity index (χ1n) is 6.43. The normalized spacial score (nSPS) is 11.3. The molecule has 0 aliphatic carbocycles. The summed E-state index contributed by atoms with van der Waals surface area (Å²) < 4.78 is 50.9. The van der Waals surface area contributed by atoms with Gasteiger partial charge in [0.15, 0.2) is 6.61 Å². The second kappa shape index (κ2) is 9.21. The molecule has 0 unspecified atom stereocenters. The molecule has 0 saturated heterocycles. The Bertz CT molecular complexity index is 469. The molecule has 0 saturated carbocycles. The van der Waals surface area contributed by atoms with Crippen LogP contribution in [0.1, 0.15) is 10.4 Å². The van der Waals surface area contributed by atoms with Crippen molar-refractivity contribution in [3.63, 3.8) is 0 Å². The van der Waals surface area contributed by atoms with Crippen LogP contribution in [0.5, 0.6) is 5.88 Å². The summed E-state index contributed by atoms with van der Waals surface area (Å²) in [4.78, 5) is 15.5. The molecule has 1 amide bonds. The number of pyridine rings is 1. The summed E-state index contributed by atoms with van der Waals surface area (Å²) in [6.07, 6.45) is -3.25. The van der Waals surface area contributed by atoms with Crippen LogP contribution in [0, 0.1) is 0 Å².